The lowest BCUT2D eigenvalue weighted by Gasteiger charge is -2.43. The molecular formula is C30H36N6O3. The van der Waals surface area contributed by atoms with E-state index in [1.54, 1.807) is 6.92 Å². The van der Waals surface area contributed by atoms with Gasteiger partial charge in [-0.05, 0) is 51.2 Å². The number of pyridine rings is 2. The van der Waals surface area contributed by atoms with E-state index >= 15 is 0 Å². The van der Waals surface area contributed by atoms with Gasteiger partial charge in [-0.15, -0.1) is 0 Å². The Labute approximate surface area is 229 Å². The summed E-state index contributed by atoms with van der Waals surface area (Å²) < 4.78 is 12.3. The molecule has 2 aromatic heterocycles. The van der Waals surface area contributed by atoms with Gasteiger partial charge >= 0.3 is 0 Å². The van der Waals surface area contributed by atoms with E-state index in [2.05, 4.69) is 46.0 Å². The van der Waals surface area contributed by atoms with E-state index in [9.17, 15) is 4.79 Å². The van der Waals surface area contributed by atoms with E-state index in [-0.39, 0.29) is 12.0 Å². The van der Waals surface area contributed by atoms with Crippen molar-refractivity contribution in [2.45, 2.75) is 57.1 Å². The molecule has 7 rings (SSSR count). The number of hydrogen-bond donors (Lipinski definition) is 1. The van der Waals surface area contributed by atoms with Crippen LogP contribution in [0.3, 0.4) is 0 Å². The smallest absolute Gasteiger partial charge is 0.298 e. The average molecular weight is 529 g/mol. The van der Waals surface area contributed by atoms with Crippen LogP contribution in [0.5, 0.6) is 5.75 Å². The first-order chi connectivity index (χ1) is 19.1. The second-order valence-corrected chi connectivity index (χ2v) is 11.4. The van der Waals surface area contributed by atoms with Gasteiger partial charge in [-0.3, -0.25) is 14.7 Å². The second-order valence-electron chi connectivity index (χ2n) is 11.4. The Bertz CT molecular complexity index is 1340. The lowest BCUT2D eigenvalue weighted by atomic mass is 9.92. The van der Waals surface area contributed by atoms with Crippen LogP contribution in [0.15, 0.2) is 18.3 Å². The highest BCUT2D eigenvalue weighted by Gasteiger charge is 2.40. The largest absolute Gasteiger partial charge is 0.482 e. The van der Waals surface area contributed by atoms with E-state index in [0.717, 1.165) is 106 Å². The SMILES string of the molecule is CC#CC(=O)N1CC[C@H](N2CC(c3cc4c(c(C5CC5)n3)O[C@H](C)c3c(N5CCOCC5)ccnc3N4)C2)C1. The third-order valence-electron chi connectivity index (χ3n) is 8.78. The monoisotopic (exact) mass is 528 g/mol. The van der Waals surface area contributed by atoms with E-state index in [0.29, 0.717) is 17.9 Å². The van der Waals surface area contributed by atoms with Gasteiger partial charge in [0, 0.05) is 74.7 Å². The van der Waals surface area contributed by atoms with Crippen LogP contribution in [0.4, 0.5) is 17.2 Å². The molecule has 1 saturated carbocycles. The van der Waals surface area contributed by atoms with Crippen LogP contribution in [-0.2, 0) is 9.53 Å². The first-order valence-electron chi connectivity index (χ1n) is 14.3. The molecule has 0 radical (unpaired) electrons. The van der Waals surface area contributed by atoms with Crippen molar-refractivity contribution in [2.75, 3.05) is 62.7 Å². The minimum atomic E-state index is -0.143. The van der Waals surface area contributed by atoms with Crippen molar-refractivity contribution in [3.8, 4) is 17.6 Å². The van der Waals surface area contributed by atoms with Crippen LogP contribution in [0.1, 0.15) is 68.0 Å². The van der Waals surface area contributed by atoms with E-state index in [1.807, 2.05) is 11.1 Å². The Morgan fingerprint density at radius 2 is 1.92 bits per heavy atom. The average Bonchev–Trinajstić information content (AvgIpc) is 3.68. The number of nitrogens with zero attached hydrogens (tertiary/aromatic N) is 5. The standard InChI is InChI=1S/C30H36N6O3/c1-3-4-26(37)35-10-8-22(18-35)36-16-21(17-36)23-15-24-29(28(32-23)20-5-6-20)39-19(2)27-25(7-9-31-30(27)33-24)34-11-13-38-14-12-34/h7,9,15,19-22H,5-6,8,10-14,16-18H2,1-2H3,(H,31,33)/t19-,22+/m1/s1. The summed E-state index contributed by atoms with van der Waals surface area (Å²) in [6, 6.07) is 4.70. The molecule has 204 valence electrons. The highest BCUT2D eigenvalue weighted by atomic mass is 16.5. The predicted octanol–water partition coefficient (Wildman–Crippen LogP) is 3.41. The zero-order chi connectivity index (χ0) is 26.5. The fourth-order valence-corrected chi connectivity index (χ4v) is 6.45. The first-order valence-corrected chi connectivity index (χ1v) is 14.3. The molecule has 1 aliphatic carbocycles. The van der Waals surface area contributed by atoms with Gasteiger partial charge in [-0.2, -0.15) is 0 Å². The van der Waals surface area contributed by atoms with Gasteiger partial charge in [-0.25, -0.2) is 4.98 Å². The van der Waals surface area contributed by atoms with Crippen molar-refractivity contribution in [1.82, 2.24) is 19.8 Å². The van der Waals surface area contributed by atoms with Crippen LogP contribution in [-0.4, -0.2) is 84.2 Å². The Balaban J connectivity index is 1.13. The van der Waals surface area contributed by atoms with Gasteiger partial charge < -0.3 is 24.6 Å². The van der Waals surface area contributed by atoms with Crippen LogP contribution in [0.2, 0.25) is 0 Å². The number of rotatable bonds is 4. The number of morpholine rings is 1. The Morgan fingerprint density at radius 3 is 2.69 bits per heavy atom. The summed E-state index contributed by atoms with van der Waals surface area (Å²) in [5.74, 6) is 7.96. The molecule has 6 heterocycles. The summed E-state index contributed by atoms with van der Waals surface area (Å²) in [4.78, 5) is 28.9. The molecule has 2 aromatic rings. The van der Waals surface area contributed by atoms with Crippen molar-refractivity contribution in [3.05, 3.63) is 35.3 Å². The number of amides is 1. The summed E-state index contributed by atoms with van der Waals surface area (Å²) in [5, 5.41) is 3.67. The summed E-state index contributed by atoms with van der Waals surface area (Å²) in [7, 11) is 0. The maximum absolute atomic E-state index is 12.2. The molecule has 39 heavy (non-hydrogen) atoms. The zero-order valence-electron chi connectivity index (χ0n) is 22.8. The second kappa shape index (κ2) is 10.00. The van der Waals surface area contributed by atoms with Crippen molar-refractivity contribution in [1.29, 1.82) is 0 Å². The van der Waals surface area contributed by atoms with E-state index < -0.39 is 0 Å². The summed E-state index contributed by atoms with van der Waals surface area (Å²) >= 11 is 0. The number of aromatic nitrogens is 2. The summed E-state index contributed by atoms with van der Waals surface area (Å²) in [6.07, 6.45) is 5.08. The van der Waals surface area contributed by atoms with E-state index in [4.69, 9.17) is 19.4 Å². The number of likely N-dealkylation sites (tertiary alicyclic amines) is 2. The van der Waals surface area contributed by atoms with Crippen LogP contribution in [0, 0.1) is 11.8 Å². The molecule has 1 N–H and O–H groups in total. The number of nitrogens with one attached hydrogen (secondary N) is 1. The molecule has 5 aliphatic rings. The summed E-state index contributed by atoms with van der Waals surface area (Å²) in [6.45, 7) is 10.5. The third-order valence-corrected chi connectivity index (χ3v) is 8.78. The molecule has 0 spiro atoms. The number of fused-ring (bicyclic) bond motifs is 2. The number of hydrogen-bond acceptors (Lipinski definition) is 8. The fraction of sp³-hybridized carbons (Fsp3) is 0.567. The first kappa shape index (κ1) is 24.7. The third kappa shape index (κ3) is 4.60. The summed E-state index contributed by atoms with van der Waals surface area (Å²) in [5.41, 5.74) is 5.47. The number of carbonyl (C=O) groups excluding carboxylic acids is 1. The highest BCUT2D eigenvalue weighted by molar-refractivity contribution is 5.93. The van der Waals surface area contributed by atoms with Gasteiger partial charge in [0.1, 0.15) is 11.9 Å². The Kier molecular flexibility index (Phi) is 6.32. The van der Waals surface area contributed by atoms with E-state index in [1.165, 1.54) is 5.69 Å². The van der Waals surface area contributed by atoms with Crippen LogP contribution < -0.4 is 15.0 Å². The molecule has 0 bridgehead atoms. The molecule has 9 nitrogen and oxygen atoms in total. The Morgan fingerprint density at radius 1 is 1.10 bits per heavy atom. The molecule has 9 heteroatoms. The zero-order valence-corrected chi connectivity index (χ0v) is 22.8. The molecule has 3 saturated heterocycles. The van der Waals surface area contributed by atoms with Crippen molar-refractivity contribution < 1.29 is 14.3 Å². The lowest BCUT2D eigenvalue weighted by Crippen LogP contribution is -2.52. The number of ether oxygens (including phenoxy) is 2. The van der Waals surface area contributed by atoms with Gasteiger partial charge in [0.25, 0.3) is 5.91 Å². The van der Waals surface area contributed by atoms with Crippen molar-refractivity contribution in [2.24, 2.45) is 0 Å². The maximum Gasteiger partial charge on any atom is 0.298 e. The normalized spacial score (nSPS) is 24.9. The van der Waals surface area contributed by atoms with Gasteiger partial charge in [0.15, 0.2) is 5.75 Å². The fourth-order valence-electron chi connectivity index (χ4n) is 6.45. The molecule has 4 fully saturated rings. The predicted molar refractivity (Wildman–Crippen MR) is 149 cm³/mol. The molecule has 1 amide bonds. The highest BCUT2D eigenvalue weighted by Crippen LogP contribution is 2.51. The minimum absolute atomic E-state index is 0.0514. The van der Waals surface area contributed by atoms with Gasteiger partial charge in [0.2, 0.25) is 0 Å². The molecule has 0 unspecified atom stereocenters. The molecule has 0 aromatic carbocycles. The number of carbonyl (C=O) groups is 1. The van der Waals surface area contributed by atoms with Crippen molar-refractivity contribution >= 4 is 23.1 Å². The van der Waals surface area contributed by atoms with Gasteiger partial charge in [0.05, 0.1) is 30.2 Å². The number of anilines is 3. The maximum atomic E-state index is 12.2. The van der Waals surface area contributed by atoms with Crippen LogP contribution >= 0.6 is 0 Å². The van der Waals surface area contributed by atoms with Crippen molar-refractivity contribution in [3.63, 3.8) is 0 Å². The Hall–Kier alpha value is -3.35. The van der Waals surface area contributed by atoms with Gasteiger partial charge in [-0.1, -0.05) is 5.92 Å². The van der Waals surface area contributed by atoms with Crippen LogP contribution in [0.25, 0.3) is 0 Å². The molecule has 4 aliphatic heterocycles. The lowest BCUT2D eigenvalue weighted by molar-refractivity contribution is -0.124. The molecular weight excluding hydrogens is 492 g/mol. The minimum Gasteiger partial charge on any atom is -0.482 e. The molecule has 2 atom stereocenters. The quantitative estimate of drug-likeness (QED) is 0.605. The topological polar surface area (TPSA) is 83.1 Å².